The number of fused-ring (bicyclic) bond motifs is 1. The van der Waals surface area contributed by atoms with Crippen molar-refractivity contribution >= 4 is 15.8 Å². The maximum Gasteiger partial charge on any atom is 0.358 e. The predicted octanol–water partition coefficient (Wildman–Crippen LogP) is 3.14. The SMILES string of the molecule is COc1ccc(S(=O)(=O)O/N=C2/CCCc3ccccc32)cc1. The van der Waals surface area contributed by atoms with Crippen LogP contribution in [-0.2, 0) is 20.8 Å². The molecule has 0 aliphatic heterocycles. The molecule has 0 aromatic heterocycles. The Morgan fingerprint density at radius 3 is 2.48 bits per heavy atom. The van der Waals surface area contributed by atoms with E-state index >= 15 is 0 Å². The third kappa shape index (κ3) is 3.37. The summed E-state index contributed by atoms with van der Waals surface area (Å²) in [5.74, 6) is 0.580. The van der Waals surface area contributed by atoms with Crippen molar-refractivity contribution < 1.29 is 17.4 Å². The number of oxime groups is 1. The van der Waals surface area contributed by atoms with E-state index in [0.29, 0.717) is 17.9 Å². The molecule has 1 aliphatic carbocycles. The molecule has 5 nitrogen and oxygen atoms in total. The maximum absolute atomic E-state index is 12.2. The van der Waals surface area contributed by atoms with Crippen LogP contribution in [0, 0.1) is 0 Å². The number of hydrogen-bond acceptors (Lipinski definition) is 5. The van der Waals surface area contributed by atoms with Gasteiger partial charge in [0.2, 0.25) is 0 Å². The molecule has 0 fully saturated rings. The summed E-state index contributed by atoms with van der Waals surface area (Å²) in [7, 11) is -2.41. The Kier molecular flexibility index (Phi) is 4.34. The highest BCUT2D eigenvalue weighted by molar-refractivity contribution is 7.86. The minimum Gasteiger partial charge on any atom is -0.497 e. The molecule has 0 radical (unpaired) electrons. The summed E-state index contributed by atoms with van der Waals surface area (Å²) in [6.45, 7) is 0. The first-order valence-corrected chi connectivity index (χ1v) is 8.74. The van der Waals surface area contributed by atoms with Crippen LogP contribution in [-0.4, -0.2) is 21.2 Å². The van der Waals surface area contributed by atoms with Gasteiger partial charge in [-0.05, 0) is 49.1 Å². The molecule has 0 atom stereocenters. The fourth-order valence-electron chi connectivity index (χ4n) is 2.58. The van der Waals surface area contributed by atoms with Gasteiger partial charge in [0, 0.05) is 5.56 Å². The van der Waals surface area contributed by atoms with Crippen molar-refractivity contribution in [1.29, 1.82) is 0 Å². The molecule has 0 amide bonds. The van der Waals surface area contributed by atoms with E-state index < -0.39 is 10.1 Å². The summed E-state index contributed by atoms with van der Waals surface area (Å²) in [5, 5.41) is 3.91. The molecule has 2 aromatic carbocycles. The Bertz CT molecular complexity index is 826. The standard InChI is InChI=1S/C17H17NO4S/c1-21-14-9-11-15(12-10-14)23(19,20)22-18-17-8-4-6-13-5-2-3-7-16(13)17/h2-3,5,7,9-12H,4,6,8H2,1H3/b18-17-. The van der Waals surface area contributed by atoms with Gasteiger partial charge in [0.1, 0.15) is 10.6 Å². The molecule has 0 saturated carbocycles. The molecule has 6 heteroatoms. The van der Waals surface area contributed by atoms with Gasteiger partial charge in [-0.1, -0.05) is 29.4 Å². The summed E-state index contributed by atoms with van der Waals surface area (Å²) in [4.78, 5) is 0.0479. The van der Waals surface area contributed by atoms with Crippen molar-refractivity contribution in [3.8, 4) is 5.75 Å². The van der Waals surface area contributed by atoms with Gasteiger partial charge in [-0.15, -0.1) is 0 Å². The zero-order valence-corrected chi connectivity index (χ0v) is 13.5. The summed E-state index contributed by atoms with van der Waals surface area (Å²) in [5.41, 5.74) is 2.80. The van der Waals surface area contributed by atoms with Crippen molar-refractivity contribution in [3.05, 3.63) is 59.7 Å². The van der Waals surface area contributed by atoms with Crippen LogP contribution >= 0.6 is 0 Å². The van der Waals surface area contributed by atoms with E-state index in [-0.39, 0.29) is 4.90 Å². The Labute approximate surface area is 135 Å². The molecular weight excluding hydrogens is 314 g/mol. The van der Waals surface area contributed by atoms with Gasteiger partial charge in [-0.3, -0.25) is 4.28 Å². The maximum atomic E-state index is 12.2. The minimum absolute atomic E-state index is 0.0479. The first kappa shape index (κ1) is 15.6. The largest absolute Gasteiger partial charge is 0.497 e. The van der Waals surface area contributed by atoms with Crippen LogP contribution in [0.2, 0.25) is 0 Å². The van der Waals surface area contributed by atoms with Gasteiger partial charge in [0.25, 0.3) is 0 Å². The number of rotatable bonds is 4. The summed E-state index contributed by atoms with van der Waals surface area (Å²) in [6, 6.07) is 13.9. The third-order valence-electron chi connectivity index (χ3n) is 3.78. The lowest BCUT2D eigenvalue weighted by Crippen LogP contribution is -2.13. The molecule has 1 aliphatic rings. The lowest BCUT2D eigenvalue weighted by molar-refractivity contribution is 0.337. The second kappa shape index (κ2) is 6.42. The zero-order valence-electron chi connectivity index (χ0n) is 12.7. The van der Waals surface area contributed by atoms with Gasteiger partial charge < -0.3 is 4.74 Å². The lowest BCUT2D eigenvalue weighted by Gasteiger charge is -2.16. The molecule has 0 bridgehead atoms. The number of nitrogens with zero attached hydrogens (tertiary/aromatic N) is 1. The molecule has 2 aromatic rings. The second-order valence-corrected chi connectivity index (χ2v) is 6.78. The molecule has 0 spiro atoms. The van der Waals surface area contributed by atoms with Crippen LogP contribution in [0.4, 0.5) is 0 Å². The summed E-state index contributed by atoms with van der Waals surface area (Å²) >= 11 is 0. The zero-order chi connectivity index (χ0) is 16.3. The number of hydrogen-bond donors (Lipinski definition) is 0. The summed E-state index contributed by atoms with van der Waals surface area (Å²) in [6.07, 6.45) is 2.61. The first-order valence-electron chi connectivity index (χ1n) is 7.33. The van der Waals surface area contributed by atoms with Gasteiger partial charge in [0.05, 0.1) is 12.8 Å². The smallest absolute Gasteiger partial charge is 0.358 e. The molecule has 0 heterocycles. The fourth-order valence-corrected chi connectivity index (χ4v) is 3.32. The number of ether oxygens (including phenoxy) is 1. The van der Waals surface area contributed by atoms with Crippen LogP contribution in [0.5, 0.6) is 5.75 Å². The average Bonchev–Trinajstić information content (AvgIpc) is 2.60. The van der Waals surface area contributed by atoms with Crippen molar-refractivity contribution in [2.45, 2.75) is 24.2 Å². The molecular formula is C17H17NO4S. The van der Waals surface area contributed by atoms with Gasteiger partial charge >= 0.3 is 10.1 Å². The van der Waals surface area contributed by atoms with E-state index in [2.05, 4.69) is 5.16 Å². The normalized spacial score (nSPS) is 16.0. The molecule has 0 saturated heterocycles. The Balaban J connectivity index is 1.84. The van der Waals surface area contributed by atoms with E-state index in [0.717, 1.165) is 18.4 Å². The number of benzene rings is 2. The van der Waals surface area contributed by atoms with Crippen LogP contribution in [0.1, 0.15) is 24.0 Å². The minimum atomic E-state index is -3.93. The van der Waals surface area contributed by atoms with E-state index in [9.17, 15) is 8.42 Å². The van der Waals surface area contributed by atoms with Crippen molar-refractivity contribution in [1.82, 2.24) is 0 Å². The van der Waals surface area contributed by atoms with Crippen LogP contribution in [0.25, 0.3) is 0 Å². The topological polar surface area (TPSA) is 65.0 Å². The number of methoxy groups -OCH3 is 1. The highest BCUT2D eigenvalue weighted by Crippen LogP contribution is 2.23. The van der Waals surface area contributed by atoms with E-state index in [1.807, 2.05) is 24.3 Å². The van der Waals surface area contributed by atoms with Gasteiger partial charge in [-0.2, -0.15) is 8.42 Å². The second-order valence-electron chi connectivity index (χ2n) is 5.25. The van der Waals surface area contributed by atoms with Crippen LogP contribution in [0.15, 0.2) is 58.6 Å². The number of aryl methyl sites for hydroxylation is 1. The average molecular weight is 331 g/mol. The van der Waals surface area contributed by atoms with E-state index in [1.54, 1.807) is 12.1 Å². The quantitative estimate of drug-likeness (QED) is 0.807. The lowest BCUT2D eigenvalue weighted by atomic mass is 9.90. The molecule has 23 heavy (non-hydrogen) atoms. The Morgan fingerprint density at radius 2 is 1.74 bits per heavy atom. The monoisotopic (exact) mass is 331 g/mol. The molecule has 3 rings (SSSR count). The van der Waals surface area contributed by atoms with Gasteiger partial charge in [-0.25, -0.2) is 0 Å². The highest BCUT2D eigenvalue weighted by atomic mass is 32.2. The Hall–Kier alpha value is -2.34. The van der Waals surface area contributed by atoms with Crippen molar-refractivity contribution in [2.24, 2.45) is 5.16 Å². The van der Waals surface area contributed by atoms with Crippen molar-refractivity contribution in [2.75, 3.05) is 7.11 Å². The molecule has 0 unspecified atom stereocenters. The van der Waals surface area contributed by atoms with E-state index in [4.69, 9.17) is 9.02 Å². The molecule has 0 N–H and O–H groups in total. The summed E-state index contributed by atoms with van der Waals surface area (Å²) < 4.78 is 34.4. The van der Waals surface area contributed by atoms with Crippen LogP contribution < -0.4 is 4.74 Å². The predicted molar refractivity (Wildman–Crippen MR) is 87.2 cm³/mol. The van der Waals surface area contributed by atoms with Crippen LogP contribution in [0.3, 0.4) is 0 Å². The molecule has 120 valence electrons. The van der Waals surface area contributed by atoms with Crippen molar-refractivity contribution in [3.63, 3.8) is 0 Å². The third-order valence-corrected chi connectivity index (χ3v) is 4.90. The highest BCUT2D eigenvalue weighted by Gasteiger charge is 2.19. The fraction of sp³-hybridized carbons (Fsp3) is 0.235. The van der Waals surface area contributed by atoms with Gasteiger partial charge in [0.15, 0.2) is 0 Å². The first-order chi connectivity index (χ1) is 11.1. The Morgan fingerprint density at radius 1 is 1.00 bits per heavy atom. The van der Waals surface area contributed by atoms with E-state index in [1.165, 1.54) is 24.8 Å².